The van der Waals surface area contributed by atoms with Crippen LogP contribution < -0.4 is 9.50 Å². The van der Waals surface area contributed by atoms with Crippen LogP contribution in [0.15, 0.2) is 89.8 Å². The lowest BCUT2D eigenvalue weighted by atomic mass is 9.99. The zero-order valence-corrected chi connectivity index (χ0v) is 19.4. The molecule has 1 unspecified atom stereocenters. The predicted molar refractivity (Wildman–Crippen MR) is 125 cm³/mol. The average molecular weight is 484 g/mol. The van der Waals surface area contributed by atoms with E-state index in [9.17, 15) is 18.0 Å². The van der Waals surface area contributed by atoms with Crippen LogP contribution in [-0.2, 0) is 31.0 Å². The second kappa shape index (κ2) is 11.9. The molecule has 3 aromatic rings. The standard InChI is InChI=1S/C25H25NO7S/c1-2-31-24(27)23(17-26-25(28)32-18-19-9-5-3-6-10-19)20-13-15-21(16-14-20)33-34(29,30)22-11-7-4-8-12-22/h3-16,23H,2,17-18H2,1H3,(H,26,28). The van der Waals surface area contributed by atoms with E-state index >= 15 is 0 Å². The SMILES string of the molecule is CCOC(=O)C(CNC(=O)OCc1ccccc1)c1ccc(OS(=O)(=O)c2ccccc2)cc1. The summed E-state index contributed by atoms with van der Waals surface area (Å²) >= 11 is 0. The molecule has 8 nitrogen and oxygen atoms in total. The Labute approximate surface area is 198 Å². The molecule has 1 N–H and O–H groups in total. The Hall–Kier alpha value is -3.85. The minimum absolute atomic E-state index is 0.0293. The molecular formula is C25H25NO7S. The van der Waals surface area contributed by atoms with Gasteiger partial charge in [-0.3, -0.25) is 4.79 Å². The van der Waals surface area contributed by atoms with Crippen LogP contribution in [0.25, 0.3) is 0 Å². The van der Waals surface area contributed by atoms with Crippen molar-refractivity contribution >= 4 is 22.2 Å². The van der Waals surface area contributed by atoms with Gasteiger partial charge in [0.1, 0.15) is 17.3 Å². The summed E-state index contributed by atoms with van der Waals surface area (Å²) in [7, 11) is -3.99. The van der Waals surface area contributed by atoms with E-state index in [0.29, 0.717) is 5.56 Å². The van der Waals surface area contributed by atoms with Crippen molar-refractivity contribution < 1.29 is 31.7 Å². The summed E-state index contributed by atoms with van der Waals surface area (Å²) in [5.41, 5.74) is 1.35. The molecule has 0 heterocycles. The van der Waals surface area contributed by atoms with Gasteiger partial charge in [-0.05, 0) is 42.3 Å². The van der Waals surface area contributed by atoms with Crippen LogP contribution in [-0.4, -0.2) is 33.6 Å². The van der Waals surface area contributed by atoms with Crippen molar-refractivity contribution in [1.29, 1.82) is 0 Å². The molecule has 0 saturated heterocycles. The van der Waals surface area contributed by atoms with Gasteiger partial charge in [0.25, 0.3) is 0 Å². The summed E-state index contributed by atoms with van der Waals surface area (Å²) in [5, 5.41) is 2.58. The minimum atomic E-state index is -3.99. The van der Waals surface area contributed by atoms with E-state index in [2.05, 4.69) is 5.32 Å². The van der Waals surface area contributed by atoms with Crippen LogP contribution in [0.4, 0.5) is 4.79 Å². The molecule has 0 spiro atoms. The molecule has 1 atom stereocenters. The summed E-state index contributed by atoms with van der Waals surface area (Å²) < 4.78 is 40.3. The molecule has 34 heavy (non-hydrogen) atoms. The smallest absolute Gasteiger partial charge is 0.407 e. The van der Waals surface area contributed by atoms with E-state index < -0.39 is 28.1 Å². The number of hydrogen-bond acceptors (Lipinski definition) is 7. The van der Waals surface area contributed by atoms with Gasteiger partial charge in [-0.1, -0.05) is 60.7 Å². The molecule has 3 rings (SSSR count). The molecule has 0 aliphatic carbocycles. The van der Waals surface area contributed by atoms with Crippen LogP contribution in [0.5, 0.6) is 5.75 Å². The van der Waals surface area contributed by atoms with Gasteiger partial charge in [-0.25, -0.2) is 4.79 Å². The van der Waals surface area contributed by atoms with Gasteiger partial charge in [-0.15, -0.1) is 0 Å². The zero-order valence-electron chi connectivity index (χ0n) is 18.5. The Morgan fingerprint density at radius 3 is 2.09 bits per heavy atom. The zero-order chi connectivity index (χ0) is 24.4. The van der Waals surface area contributed by atoms with Crippen molar-refractivity contribution in [2.75, 3.05) is 13.2 Å². The van der Waals surface area contributed by atoms with Gasteiger partial charge < -0.3 is 19.0 Å². The fourth-order valence-electron chi connectivity index (χ4n) is 3.06. The molecule has 0 aromatic heterocycles. The number of carbonyl (C=O) groups is 2. The highest BCUT2D eigenvalue weighted by Crippen LogP contribution is 2.23. The van der Waals surface area contributed by atoms with Crippen molar-refractivity contribution in [2.24, 2.45) is 0 Å². The predicted octanol–water partition coefficient (Wildman–Crippen LogP) is 4.03. The molecular weight excluding hydrogens is 458 g/mol. The van der Waals surface area contributed by atoms with Crippen LogP contribution in [0.1, 0.15) is 24.0 Å². The first-order valence-electron chi connectivity index (χ1n) is 10.6. The number of alkyl carbamates (subject to hydrolysis) is 1. The normalized spacial score (nSPS) is 11.8. The summed E-state index contributed by atoms with van der Waals surface area (Å²) in [5.74, 6) is -1.26. The second-order valence-corrected chi connectivity index (χ2v) is 8.71. The fourth-order valence-corrected chi connectivity index (χ4v) is 4.01. The molecule has 1 amide bonds. The van der Waals surface area contributed by atoms with Gasteiger partial charge in [0.05, 0.1) is 12.5 Å². The molecule has 0 radical (unpaired) electrons. The summed E-state index contributed by atoms with van der Waals surface area (Å²) in [6.45, 7) is 1.89. The number of hydrogen-bond donors (Lipinski definition) is 1. The van der Waals surface area contributed by atoms with Gasteiger partial charge in [0.2, 0.25) is 0 Å². The number of rotatable bonds is 10. The summed E-state index contributed by atoms with van der Waals surface area (Å²) in [6, 6.07) is 22.9. The van der Waals surface area contributed by atoms with Crippen LogP contribution in [0.3, 0.4) is 0 Å². The maximum Gasteiger partial charge on any atom is 0.407 e. The first-order valence-corrected chi connectivity index (χ1v) is 12.0. The third-order valence-corrected chi connectivity index (χ3v) is 6.02. The van der Waals surface area contributed by atoms with E-state index in [4.69, 9.17) is 13.7 Å². The number of benzene rings is 3. The van der Waals surface area contributed by atoms with Gasteiger partial charge in [-0.2, -0.15) is 8.42 Å². The molecule has 3 aromatic carbocycles. The fraction of sp³-hybridized carbons (Fsp3) is 0.200. The van der Waals surface area contributed by atoms with E-state index in [1.165, 1.54) is 24.3 Å². The number of carbonyl (C=O) groups excluding carboxylic acids is 2. The first kappa shape index (κ1) is 24.8. The van der Waals surface area contributed by atoms with Crippen molar-refractivity contribution in [3.05, 3.63) is 96.1 Å². The Bertz CT molecular complexity index is 1180. The van der Waals surface area contributed by atoms with Crippen LogP contribution in [0, 0.1) is 0 Å². The number of ether oxygens (including phenoxy) is 2. The quantitative estimate of drug-likeness (QED) is 0.343. The molecule has 0 fully saturated rings. The highest BCUT2D eigenvalue weighted by atomic mass is 32.2. The van der Waals surface area contributed by atoms with Gasteiger partial charge >= 0.3 is 22.2 Å². The Balaban J connectivity index is 1.64. The molecule has 178 valence electrons. The van der Waals surface area contributed by atoms with Crippen molar-refractivity contribution in [2.45, 2.75) is 24.3 Å². The molecule has 0 aliphatic heterocycles. The van der Waals surface area contributed by atoms with E-state index in [0.717, 1.165) is 5.56 Å². The number of amides is 1. The maximum absolute atomic E-state index is 12.5. The largest absolute Gasteiger partial charge is 0.465 e. The highest BCUT2D eigenvalue weighted by molar-refractivity contribution is 7.87. The Morgan fingerprint density at radius 1 is 0.853 bits per heavy atom. The van der Waals surface area contributed by atoms with Crippen LogP contribution >= 0.6 is 0 Å². The highest BCUT2D eigenvalue weighted by Gasteiger charge is 2.24. The lowest BCUT2D eigenvalue weighted by molar-refractivity contribution is -0.144. The third-order valence-electron chi connectivity index (χ3n) is 4.75. The van der Waals surface area contributed by atoms with Crippen LogP contribution in [0.2, 0.25) is 0 Å². The number of nitrogens with one attached hydrogen (secondary N) is 1. The molecule has 0 saturated carbocycles. The van der Waals surface area contributed by atoms with E-state index in [1.54, 1.807) is 37.3 Å². The summed E-state index contributed by atoms with van der Waals surface area (Å²) in [6.07, 6.45) is -0.674. The molecule has 0 bridgehead atoms. The lowest BCUT2D eigenvalue weighted by Crippen LogP contribution is -2.33. The second-order valence-electron chi connectivity index (χ2n) is 7.17. The number of esters is 1. The Morgan fingerprint density at radius 2 is 1.47 bits per heavy atom. The topological polar surface area (TPSA) is 108 Å². The van der Waals surface area contributed by atoms with E-state index in [1.807, 2.05) is 30.3 Å². The van der Waals surface area contributed by atoms with Gasteiger partial charge in [0, 0.05) is 6.54 Å². The maximum atomic E-state index is 12.5. The third kappa shape index (κ3) is 7.08. The van der Waals surface area contributed by atoms with Crippen molar-refractivity contribution in [3.8, 4) is 5.75 Å². The first-order chi connectivity index (χ1) is 16.4. The molecule has 9 heteroatoms. The van der Waals surface area contributed by atoms with Crippen molar-refractivity contribution in [3.63, 3.8) is 0 Å². The van der Waals surface area contributed by atoms with Gasteiger partial charge in [0.15, 0.2) is 0 Å². The summed E-state index contributed by atoms with van der Waals surface area (Å²) in [4.78, 5) is 24.6. The Kier molecular flexibility index (Phi) is 8.64. The van der Waals surface area contributed by atoms with E-state index in [-0.39, 0.29) is 30.4 Å². The average Bonchev–Trinajstić information content (AvgIpc) is 2.85. The minimum Gasteiger partial charge on any atom is -0.465 e. The lowest BCUT2D eigenvalue weighted by Gasteiger charge is -2.17. The monoisotopic (exact) mass is 483 g/mol. The van der Waals surface area contributed by atoms with Crippen molar-refractivity contribution in [1.82, 2.24) is 5.32 Å². The molecule has 0 aliphatic rings.